The zero-order valence-electron chi connectivity index (χ0n) is 9.27. The summed E-state index contributed by atoms with van der Waals surface area (Å²) in [6, 6.07) is 5.76. The van der Waals surface area contributed by atoms with Crippen molar-refractivity contribution in [3.05, 3.63) is 24.3 Å². The molecular formula is C11H12F5NO. The van der Waals surface area contributed by atoms with Gasteiger partial charge in [-0.05, 0) is 30.7 Å². The Labute approximate surface area is 100 Å². The van der Waals surface area contributed by atoms with Crippen LogP contribution in [0.1, 0.15) is 12.8 Å². The first kappa shape index (κ1) is 14.5. The van der Waals surface area contributed by atoms with Crippen LogP contribution in [-0.2, 0) is 0 Å². The predicted molar refractivity (Wildman–Crippen MR) is 56.8 cm³/mol. The number of phenolic OH excluding ortho intramolecular Hbond substituents is 1. The largest absolute Gasteiger partial charge is 0.508 e. The van der Waals surface area contributed by atoms with Crippen molar-refractivity contribution in [1.82, 2.24) is 0 Å². The number of benzene rings is 1. The van der Waals surface area contributed by atoms with E-state index in [4.69, 9.17) is 5.11 Å². The lowest BCUT2D eigenvalue weighted by Crippen LogP contribution is -2.36. The maximum Gasteiger partial charge on any atom is 0.453 e. The molecule has 0 amide bonds. The quantitative estimate of drug-likeness (QED) is 0.484. The molecule has 0 atom stereocenters. The van der Waals surface area contributed by atoms with Crippen LogP contribution >= 0.6 is 0 Å². The minimum Gasteiger partial charge on any atom is -0.508 e. The van der Waals surface area contributed by atoms with Crippen LogP contribution in [0, 0.1) is 0 Å². The summed E-state index contributed by atoms with van der Waals surface area (Å²) in [5.41, 5.74) is 0.545. The topological polar surface area (TPSA) is 32.3 Å². The van der Waals surface area contributed by atoms with E-state index < -0.39 is 18.5 Å². The number of rotatable bonds is 5. The van der Waals surface area contributed by atoms with Crippen molar-refractivity contribution in [1.29, 1.82) is 0 Å². The SMILES string of the molecule is Oc1ccc(NCCCC(F)(F)C(F)(F)F)cc1. The fraction of sp³-hybridized carbons (Fsp3) is 0.455. The molecule has 0 aliphatic carbocycles. The van der Waals surface area contributed by atoms with Crippen LogP contribution in [0.4, 0.5) is 27.6 Å². The Hall–Kier alpha value is -1.53. The maximum atomic E-state index is 12.5. The third-order valence-electron chi connectivity index (χ3n) is 2.28. The molecule has 0 unspecified atom stereocenters. The van der Waals surface area contributed by atoms with E-state index in [1.54, 1.807) is 0 Å². The molecule has 18 heavy (non-hydrogen) atoms. The number of phenols is 1. The predicted octanol–water partition coefficient (Wildman–Crippen LogP) is 3.78. The Bertz CT molecular complexity index is 374. The zero-order valence-corrected chi connectivity index (χ0v) is 9.27. The lowest BCUT2D eigenvalue weighted by Gasteiger charge is -2.19. The molecule has 1 aromatic carbocycles. The van der Waals surface area contributed by atoms with Gasteiger partial charge >= 0.3 is 12.1 Å². The molecule has 102 valence electrons. The second-order valence-electron chi connectivity index (χ2n) is 3.78. The first-order chi connectivity index (χ1) is 8.22. The van der Waals surface area contributed by atoms with E-state index in [1.807, 2.05) is 0 Å². The third kappa shape index (κ3) is 4.05. The zero-order chi connectivity index (χ0) is 13.8. The molecule has 0 aromatic heterocycles. The molecule has 0 spiro atoms. The van der Waals surface area contributed by atoms with Crippen molar-refractivity contribution >= 4 is 5.69 Å². The second kappa shape index (κ2) is 5.41. The molecule has 0 fully saturated rings. The number of alkyl halides is 5. The van der Waals surface area contributed by atoms with Crippen molar-refractivity contribution in [3.63, 3.8) is 0 Å². The monoisotopic (exact) mass is 269 g/mol. The lowest BCUT2D eigenvalue weighted by molar-refractivity contribution is -0.284. The highest BCUT2D eigenvalue weighted by Crippen LogP contribution is 2.38. The standard InChI is InChI=1S/C11H12F5NO/c12-10(13,11(14,15)16)6-1-7-17-8-2-4-9(18)5-3-8/h2-5,17-18H,1,6-7H2. The van der Waals surface area contributed by atoms with Crippen LogP contribution in [0.2, 0.25) is 0 Å². The molecule has 2 nitrogen and oxygen atoms in total. The molecule has 0 aliphatic heterocycles. The molecular weight excluding hydrogens is 257 g/mol. The number of hydrogen-bond acceptors (Lipinski definition) is 2. The molecule has 0 aliphatic rings. The van der Waals surface area contributed by atoms with Gasteiger partial charge in [0.15, 0.2) is 0 Å². The van der Waals surface area contributed by atoms with E-state index in [2.05, 4.69) is 5.32 Å². The first-order valence-corrected chi connectivity index (χ1v) is 5.20. The smallest absolute Gasteiger partial charge is 0.453 e. The van der Waals surface area contributed by atoms with E-state index in [-0.39, 0.29) is 18.7 Å². The molecule has 1 rings (SSSR count). The fourth-order valence-electron chi connectivity index (χ4n) is 1.26. The Balaban J connectivity index is 2.33. The highest BCUT2D eigenvalue weighted by atomic mass is 19.4. The molecule has 0 saturated carbocycles. The normalized spacial score (nSPS) is 12.5. The average molecular weight is 269 g/mol. The van der Waals surface area contributed by atoms with Gasteiger partial charge in [-0.15, -0.1) is 0 Å². The van der Waals surface area contributed by atoms with Crippen LogP contribution in [0.25, 0.3) is 0 Å². The van der Waals surface area contributed by atoms with Gasteiger partial charge in [-0.2, -0.15) is 22.0 Å². The van der Waals surface area contributed by atoms with Crippen LogP contribution in [0.5, 0.6) is 5.75 Å². The summed E-state index contributed by atoms with van der Waals surface area (Å²) in [4.78, 5) is 0. The number of halogens is 5. The summed E-state index contributed by atoms with van der Waals surface area (Å²) in [5, 5.41) is 11.7. The Kier molecular flexibility index (Phi) is 4.37. The molecule has 7 heteroatoms. The molecule has 0 bridgehead atoms. The molecule has 2 N–H and O–H groups in total. The number of nitrogens with one attached hydrogen (secondary N) is 1. The van der Waals surface area contributed by atoms with Gasteiger partial charge in [0.2, 0.25) is 0 Å². The summed E-state index contributed by atoms with van der Waals surface area (Å²) in [6.07, 6.45) is -7.06. The van der Waals surface area contributed by atoms with Gasteiger partial charge in [-0.1, -0.05) is 0 Å². The second-order valence-corrected chi connectivity index (χ2v) is 3.78. The van der Waals surface area contributed by atoms with E-state index in [1.165, 1.54) is 24.3 Å². The third-order valence-corrected chi connectivity index (χ3v) is 2.28. The summed E-state index contributed by atoms with van der Waals surface area (Å²) in [6.45, 7) is -0.00353. The van der Waals surface area contributed by atoms with Crippen molar-refractivity contribution in [2.75, 3.05) is 11.9 Å². The summed E-state index contributed by atoms with van der Waals surface area (Å²) < 4.78 is 60.5. The average Bonchev–Trinajstić information content (AvgIpc) is 2.25. The van der Waals surface area contributed by atoms with Crippen molar-refractivity contribution in [2.45, 2.75) is 24.9 Å². The van der Waals surface area contributed by atoms with E-state index >= 15 is 0 Å². The van der Waals surface area contributed by atoms with Gasteiger partial charge in [0.05, 0.1) is 0 Å². The van der Waals surface area contributed by atoms with Gasteiger partial charge in [0.1, 0.15) is 5.75 Å². The van der Waals surface area contributed by atoms with Crippen molar-refractivity contribution in [2.24, 2.45) is 0 Å². The number of anilines is 1. The Morgan fingerprint density at radius 3 is 2.06 bits per heavy atom. The van der Waals surface area contributed by atoms with Gasteiger partial charge in [-0.3, -0.25) is 0 Å². The number of aromatic hydroxyl groups is 1. The number of hydrogen-bond donors (Lipinski definition) is 2. The van der Waals surface area contributed by atoms with E-state index in [0.29, 0.717) is 5.69 Å². The summed E-state index contributed by atoms with van der Waals surface area (Å²) >= 11 is 0. The van der Waals surface area contributed by atoms with Crippen LogP contribution in [0.3, 0.4) is 0 Å². The first-order valence-electron chi connectivity index (χ1n) is 5.20. The van der Waals surface area contributed by atoms with Crippen LogP contribution in [-0.4, -0.2) is 23.8 Å². The minimum atomic E-state index is -5.49. The molecule has 1 aromatic rings. The van der Waals surface area contributed by atoms with Gasteiger partial charge in [0.25, 0.3) is 0 Å². The lowest BCUT2D eigenvalue weighted by atomic mass is 10.1. The van der Waals surface area contributed by atoms with Gasteiger partial charge in [-0.25, -0.2) is 0 Å². The van der Waals surface area contributed by atoms with E-state index in [9.17, 15) is 22.0 Å². The molecule has 0 radical (unpaired) electrons. The maximum absolute atomic E-state index is 12.5. The molecule has 0 saturated heterocycles. The van der Waals surface area contributed by atoms with Gasteiger partial charge in [0, 0.05) is 18.7 Å². The van der Waals surface area contributed by atoms with E-state index in [0.717, 1.165) is 0 Å². The Morgan fingerprint density at radius 1 is 1.00 bits per heavy atom. The molecule has 0 heterocycles. The highest BCUT2D eigenvalue weighted by molar-refractivity contribution is 5.45. The highest BCUT2D eigenvalue weighted by Gasteiger charge is 2.56. The van der Waals surface area contributed by atoms with Gasteiger partial charge < -0.3 is 10.4 Å². The Morgan fingerprint density at radius 2 is 1.56 bits per heavy atom. The summed E-state index contributed by atoms with van der Waals surface area (Å²) in [5.74, 6) is -4.60. The van der Waals surface area contributed by atoms with Crippen LogP contribution < -0.4 is 5.32 Å². The minimum absolute atomic E-state index is 0.00353. The summed E-state index contributed by atoms with van der Waals surface area (Å²) in [7, 11) is 0. The van der Waals surface area contributed by atoms with Crippen molar-refractivity contribution in [3.8, 4) is 5.75 Å². The van der Waals surface area contributed by atoms with Crippen LogP contribution in [0.15, 0.2) is 24.3 Å². The van der Waals surface area contributed by atoms with Crippen molar-refractivity contribution < 1.29 is 27.1 Å². The fourth-order valence-corrected chi connectivity index (χ4v) is 1.26.